The molecule has 0 saturated heterocycles. The maximum atomic E-state index is 3.63. The van der Waals surface area contributed by atoms with Crippen LogP contribution in [0.4, 0.5) is 0 Å². The van der Waals surface area contributed by atoms with Gasteiger partial charge in [-0.15, -0.1) is 0 Å². The predicted molar refractivity (Wildman–Crippen MR) is 76.7 cm³/mol. The van der Waals surface area contributed by atoms with Crippen molar-refractivity contribution in [1.82, 2.24) is 5.32 Å². The van der Waals surface area contributed by atoms with Crippen LogP contribution in [0, 0.1) is 11.8 Å². The molecular weight excluding hydrogens is 226 g/mol. The molecule has 0 bridgehead atoms. The molecule has 1 aliphatic rings. The van der Waals surface area contributed by atoms with E-state index < -0.39 is 0 Å². The third-order valence-electron chi connectivity index (χ3n) is 4.02. The van der Waals surface area contributed by atoms with Gasteiger partial charge in [-0.1, -0.05) is 27.2 Å². The average molecular weight is 251 g/mol. The Morgan fingerprint density at radius 2 is 2.24 bits per heavy atom. The van der Waals surface area contributed by atoms with Gasteiger partial charge in [0, 0.05) is 6.04 Å². The Kier molecular flexibility index (Phi) is 4.63. The molecule has 96 valence electrons. The van der Waals surface area contributed by atoms with E-state index in [-0.39, 0.29) is 0 Å². The zero-order chi connectivity index (χ0) is 12.3. The summed E-state index contributed by atoms with van der Waals surface area (Å²) in [6.07, 6.45) is 4.17. The second-order valence-corrected chi connectivity index (χ2v) is 6.68. The zero-order valence-corrected chi connectivity index (χ0v) is 12.1. The Hall–Kier alpha value is -0.340. The summed E-state index contributed by atoms with van der Waals surface area (Å²) in [5.74, 6) is 2.52. The molecule has 2 rings (SSSR count). The number of nitrogens with one attached hydrogen (secondary N) is 1. The maximum absolute atomic E-state index is 3.63. The molecule has 0 aromatic carbocycles. The summed E-state index contributed by atoms with van der Waals surface area (Å²) < 4.78 is 0. The van der Waals surface area contributed by atoms with Gasteiger partial charge in [-0.05, 0) is 59.5 Å². The molecule has 0 spiro atoms. The van der Waals surface area contributed by atoms with E-state index in [0.29, 0.717) is 6.04 Å². The average Bonchev–Trinajstić information content (AvgIpc) is 2.80. The monoisotopic (exact) mass is 251 g/mol. The standard InChI is InChI=1S/C15H25NS/c1-11(2)16-9-13-5-4-12(3)8-15(13)14-6-7-17-10-14/h6-7,10-13,15-16H,4-5,8-9H2,1-3H3. The minimum atomic E-state index is 0.609. The van der Waals surface area contributed by atoms with Crippen molar-refractivity contribution in [2.24, 2.45) is 11.8 Å². The van der Waals surface area contributed by atoms with E-state index in [0.717, 1.165) is 17.8 Å². The molecule has 1 nitrogen and oxygen atoms in total. The Labute approximate surface area is 110 Å². The summed E-state index contributed by atoms with van der Waals surface area (Å²) in [6.45, 7) is 8.08. The molecule has 3 unspecified atom stereocenters. The fraction of sp³-hybridized carbons (Fsp3) is 0.733. The molecule has 17 heavy (non-hydrogen) atoms. The van der Waals surface area contributed by atoms with Crippen molar-refractivity contribution in [2.45, 2.75) is 52.0 Å². The van der Waals surface area contributed by atoms with E-state index in [1.54, 1.807) is 5.56 Å². The van der Waals surface area contributed by atoms with Crippen LogP contribution in [-0.4, -0.2) is 12.6 Å². The number of rotatable bonds is 4. The maximum Gasteiger partial charge on any atom is 0.00104 e. The fourth-order valence-corrected chi connectivity index (χ4v) is 3.69. The second-order valence-electron chi connectivity index (χ2n) is 5.90. The number of hydrogen-bond donors (Lipinski definition) is 1. The van der Waals surface area contributed by atoms with Crippen LogP contribution in [0.1, 0.15) is 51.5 Å². The molecule has 1 heterocycles. The van der Waals surface area contributed by atoms with E-state index in [1.807, 2.05) is 11.3 Å². The van der Waals surface area contributed by atoms with Crippen LogP contribution >= 0.6 is 11.3 Å². The first-order valence-corrected chi connectivity index (χ1v) is 7.86. The molecule has 1 aromatic rings. The lowest BCUT2D eigenvalue weighted by atomic mass is 9.72. The number of thiophene rings is 1. The van der Waals surface area contributed by atoms with Gasteiger partial charge in [0.25, 0.3) is 0 Å². The molecule has 1 fully saturated rings. The van der Waals surface area contributed by atoms with Crippen LogP contribution in [0.3, 0.4) is 0 Å². The molecule has 2 heteroatoms. The van der Waals surface area contributed by atoms with Gasteiger partial charge < -0.3 is 5.32 Å². The highest BCUT2D eigenvalue weighted by atomic mass is 32.1. The smallest absolute Gasteiger partial charge is 0.00104 e. The first-order valence-electron chi connectivity index (χ1n) is 6.92. The molecular formula is C15H25NS. The first kappa shape index (κ1) is 13.1. The summed E-state index contributed by atoms with van der Waals surface area (Å²) in [5.41, 5.74) is 1.58. The summed E-state index contributed by atoms with van der Waals surface area (Å²) in [4.78, 5) is 0. The minimum Gasteiger partial charge on any atom is -0.314 e. The number of hydrogen-bond acceptors (Lipinski definition) is 2. The van der Waals surface area contributed by atoms with Gasteiger partial charge in [0.2, 0.25) is 0 Å². The highest BCUT2D eigenvalue weighted by Gasteiger charge is 2.29. The fourth-order valence-electron chi connectivity index (χ4n) is 2.97. The highest BCUT2D eigenvalue weighted by Crippen LogP contribution is 2.40. The van der Waals surface area contributed by atoms with Crippen LogP contribution in [0.15, 0.2) is 16.8 Å². The van der Waals surface area contributed by atoms with Crippen molar-refractivity contribution >= 4 is 11.3 Å². The lowest BCUT2D eigenvalue weighted by molar-refractivity contribution is 0.238. The van der Waals surface area contributed by atoms with Crippen LogP contribution in [-0.2, 0) is 0 Å². The zero-order valence-electron chi connectivity index (χ0n) is 11.3. The predicted octanol–water partition coefficient (Wildman–Crippen LogP) is 4.27. The van der Waals surface area contributed by atoms with Crippen molar-refractivity contribution in [3.8, 4) is 0 Å². The molecule has 0 radical (unpaired) electrons. The molecule has 0 aliphatic heterocycles. The van der Waals surface area contributed by atoms with E-state index in [4.69, 9.17) is 0 Å². The quantitative estimate of drug-likeness (QED) is 0.843. The summed E-state index contributed by atoms with van der Waals surface area (Å²) in [7, 11) is 0. The third kappa shape index (κ3) is 3.56. The van der Waals surface area contributed by atoms with Crippen LogP contribution < -0.4 is 5.32 Å². The normalized spacial score (nSPS) is 29.8. The summed E-state index contributed by atoms with van der Waals surface area (Å²) in [5, 5.41) is 8.20. The van der Waals surface area contributed by atoms with Gasteiger partial charge >= 0.3 is 0 Å². The van der Waals surface area contributed by atoms with Crippen molar-refractivity contribution in [1.29, 1.82) is 0 Å². The molecule has 0 amide bonds. The second kappa shape index (κ2) is 6.01. The van der Waals surface area contributed by atoms with E-state index in [2.05, 4.69) is 42.9 Å². The van der Waals surface area contributed by atoms with Crippen LogP contribution in [0.25, 0.3) is 0 Å². The van der Waals surface area contributed by atoms with Crippen LogP contribution in [0.5, 0.6) is 0 Å². The van der Waals surface area contributed by atoms with E-state index >= 15 is 0 Å². The van der Waals surface area contributed by atoms with Crippen molar-refractivity contribution in [2.75, 3.05) is 6.54 Å². The van der Waals surface area contributed by atoms with Gasteiger partial charge in [0.05, 0.1) is 0 Å². The van der Waals surface area contributed by atoms with Gasteiger partial charge in [0.1, 0.15) is 0 Å². The molecule has 1 aromatic heterocycles. The SMILES string of the molecule is CC1CCC(CNC(C)C)C(c2ccsc2)C1. The molecule has 3 atom stereocenters. The summed E-state index contributed by atoms with van der Waals surface area (Å²) >= 11 is 1.84. The lowest BCUT2D eigenvalue weighted by Gasteiger charge is -2.35. The topological polar surface area (TPSA) is 12.0 Å². The van der Waals surface area contributed by atoms with Crippen molar-refractivity contribution in [3.05, 3.63) is 22.4 Å². The van der Waals surface area contributed by atoms with Gasteiger partial charge in [-0.3, -0.25) is 0 Å². The highest BCUT2D eigenvalue weighted by molar-refractivity contribution is 7.07. The molecule has 1 N–H and O–H groups in total. The van der Waals surface area contributed by atoms with Gasteiger partial charge in [0.15, 0.2) is 0 Å². The Bertz CT molecular complexity index is 318. The summed E-state index contributed by atoms with van der Waals surface area (Å²) in [6, 6.07) is 2.94. The van der Waals surface area contributed by atoms with Crippen molar-refractivity contribution in [3.63, 3.8) is 0 Å². The molecule has 1 saturated carbocycles. The lowest BCUT2D eigenvalue weighted by Crippen LogP contribution is -2.34. The van der Waals surface area contributed by atoms with E-state index in [9.17, 15) is 0 Å². The Morgan fingerprint density at radius 3 is 2.88 bits per heavy atom. The van der Waals surface area contributed by atoms with Crippen molar-refractivity contribution < 1.29 is 0 Å². The third-order valence-corrected chi connectivity index (χ3v) is 4.72. The Balaban J connectivity index is 2.01. The largest absolute Gasteiger partial charge is 0.314 e. The Morgan fingerprint density at radius 1 is 1.41 bits per heavy atom. The van der Waals surface area contributed by atoms with Gasteiger partial charge in [-0.2, -0.15) is 11.3 Å². The molecule has 1 aliphatic carbocycles. The van der Waals surface area contributed by atoms with Crippen LogP contribution in [0.2, 0.25) is 0 Å². The first-order chi connectivity index (χ1) is 8.16. The van der Waals surface area contributed by atoms with Gasteiger partial charge in [-0.25, -0.2) is 0 Å². The minimum absolute atomic E-state index is 0.609. The van der Waals surface area contributed by atoms with E-state index in [1.165, 1.54) is 25.8 Å².